The maximum absolute atomic E-state index is 5.82. The summed E-state index contributed by atoms with van der Waals surface area (Å²) in [5.41, 5.74) is 10.6. The third-order valence-corrected chi connectivity index (χ3v) is 3.28. The quantitative estimate of drug-likeness (QED) is 0.811. The average molecular weight is 235 g/mol. The Labute approximate surface area is 103 Å². The van der Waals surface area contributed by atoms with Gasteiger partial charge < -0.3 is 15.2 Å². The first-order valence-electron chi connectivity index (χ1n) is 6.04. The first-order chi connectivity index (χ1) is 7.92. The van der Waals surface area contributed by atoms with Crippen LogP contribution in [0.15, 0.2) is 12.1 Å². The monoisotopic (exact) mass is 235 g/mol. The van der Waals surface area contributed by atoms with Crippen LogP contribution >= 0.6 is 0 Å². The Bertz CT molecular complexity index is 397. The molecule has 3 heteroatoms. The van der Waals surface area contributed by atoms with Gasteiger partial charge in [0.1, 0.15) is 0 Å². The Kier molecular flexibility index (Phi) is 3.25. The summed E-state index contributed by atoms with van der Waals surface area (Å²) in [5, 5.41) is 0. The molecule has 1 aromatic carbocycles. The van der Waals surface area contributed by atoms with Crippen LogP contribution in [0.2, 0.25) is 0 Å². The molecular formula is C14H21NO2. The van der Waals surface area contributed by atoms with E-state index >= 15 is 0 Å². The lowest BCUT2D eigenvalue weighted by atomic mass is 9.93. The van der Waals surface area contributed by atoms with Crippen molar-refractivity contribution in [3.05, 3.63) is 34.4 Å². The van der Waals surface area contributed by atoms with Gasteiger partial charge in [-0.3, -0.25) is 0 Å². The van der Waals surface area contributed by atoms with E-state index < -0.39 is 5.79 Å². The van der Waals surface area contributed by atoms with Crippen molar-refractivity contribution in [3.8, 4) is 0 Å². The molecule has 2 N–H and O–H groups in total. The number of ether oxygens (including phenoxy) is 2. The molecule has 1 fully saturated rings. The highest BCUT2D eigenvalue weighted by Crippen LogP contribution is 2.34. The summed E-state index contributed by atoms with van der Waals surface area (Å²) < 4.78 is 11.6. The molecule has 0 saturated carbocycles. The summed E-state index contributed by atoms with van der Waals surface area (Å²) in [4.78, 5) is 0. The summed E-state index contributed by atoms with van der Waals surface area (Å²) in [6.45, 7) is 9.37. The van der Waals surface area contributed by atoms with E-state index in [-0.39, 0.29) is 6.04 Å². The highest BCUT2D eigenvalue weighted by molar-refractivity contribution is 5.40. The van der Waals surface area contributed by atoms with Crippen LogP contribution in [0.5, 0.6) is 0 Å². The van der Waals surface area contributed by atoms with Gasteiger partial charge in [0, 0.05) is 5.56 Å². The van der Waals surface area contributed by atoms with Crippen LogP contribution in [0.3, 0.4) is 0 Å². The van der Waals surface area contributed by atoms with E-state index in [4.69, 9.17) is 15.2 Å². The number of rotatable bonds is 1. The van der Waals surface area contributed by atoms with Crippen molar-refractivity contribution in [3.63, 3.8) is 0 Å². The minimum atomic E-state index is -0.655. The predicted octanol–water partition coefficient (Wildman–Crippen LogP) is 2.16. The second kappa shape index (κ2) is 4.41. The fraction of sp³-hybridized carbons (Fsp3) is 0.571. The van der Waals surface area contributed by atoms with Crippen molar-refractivity contribution < 1.29 is 9.47 Å². The van der Waals surface area contributed by atoms with Gasteiger partial charge in [-0.25, -0.2) is 0 Å². The number of nitrogens with two attached hydrogens (primary N) is 1. The third-order valence-electron chi connectivity index (χ3n) is 3.28. The van der Waals surface area contributed by atoms with Gasteiger partial charge in [-0.15, -0.1) is 0 Å². The molecule has 1 aliphatic rings. The van der Waals surface area contributed by atoms with Crippen LogP contribution in [-0.2, 0) is 15.3 Å². The highest BCUT2D eigenvalue weighted by atomic mass is 16.7. The molecule has 3 nitrogen and oxygen atoms in total. The van der Waals surface area contributed by atoms with E-state index in [1.807, 2.05) is 6.92 Å². The Hall–Kier alpha value is -0.900. The number of hydrogen-bond donors (Lipinski definition) is 1. The largest absolute Gasteiger partial charge is 0.344 e. The number of hydrogen-bond acceptors (Lipinski definition) is 3. The summed E-state index contributed by atoms with van der Waals surface area (Å²) in [6.07, 6.45) is 0. The second-order valence-corrected chi connectivity index (χ2v) is 5.10. The van der Waals surface area contributed by atoms with Gasteiger partial charge in [-0.05, 0) is 38.8 Å². The molecule has 2 rings (SSSR count). The fourth-order valence-corrected chi connectivity index (χ4v) is 2.66. The van der Waals surface area contributed by atoms with E-state index in [9.17, 15) is 0 Å². The molecule has 0 aliphatic carbocycles. The lowest BCUT2D eigenvalue weighted by molar-refractivity contribution is -0.270. The van der Waals surface area contributed by atoms with Gasteiger partial charge in [0.25, 0.3) is 0 Å². The van der Waals surface area contributed by atoms with Crippen LogP contribution in [0.1, 0.15) is 29.2 Å². The van der Waals surface area contributed by atoms with E-state index in [1.165, 1.54) is 16.7 Å². The van der Waals surface area contributed by atoms with Crippen molar-refractivity contribution in [2.75, 3.05) is 13.2 Å². The van der Waals surface area contributed by atoms with Gasteiger partial charge in [0.2, 0.25) is 0 Å². The van der Waals surface area contributed by atoms with Crippen molar-refractivity contribution in [1.82, 2.24) is 0 Å². The SMILES string of the molecule is Cc1cc(C)c(C2(C)OCC(N)CO2)c(C)c1. The van der Waals surface area contributed by atoms with Crippen molar-refractivity contribution >= 4 is 0 Å². The summed E-state index contributed by atoms with van der Waals surface area (Å²) >= 11 is 0. The van der Waals surface area contributed by atoms with Gasteiger partial charge in [-0.2, -0.15) is 0 Å². The zero-order valence-corrected chi connectivity index (χ0v) is 11.0. The molecular weight excluding hydrogens is 214 g/mol. The third kappa shape index (κ3) is 2.37. The molecule has 0 bridgehead atoms. The summed E-state index contributed by atoms with van der Waals surface area (Å²) in [5.74, 6) is -0.655. The summed E-state index contributed by atoms with van der Waals surface area (Å²) in [6, 6.07) is 4.30. The first kappa shape index (κ1) is 12.6. The van der Waals surface area contributed by atoms with Gasteiger partial charge in [-0.1, -0.05) is 17.7 Å². The second-order valence-electron chi connectivity index (χ2n) is 5.10. The van der Waals surface area contributed by atoms with E-state index in [0.717, 1.165) is 5.56 Å². The van der Waals surface area contributed by atoms with Gasteiger partial charge >= 0.3 is 0 Å². The first-order valence-corrected chi connectivity index (χ1v) is 6.04. The maximum atomic E-state index is 5.82. The highest BCUT2D eigenvalue weighted by Gasteiger charge is 2.36. The van der Waals surface area contributed by atoms with Crippen molar-refractivity contribution in [2.24, 2.45) is 5.73 Å². The molecule has 17 heavy (non-hydrogen) atoms. The molecule has 0 radical (unpaired) electrons. The molecule has 1 aromatic rings. The minimum Gasteiger partial charge on any atom is -0.344 e. The van der Waals surface area contributed by atoms with Crippen molar-refractivity contribution in [2.45, 2.75) is 39.5 Å². The zero-order valence-electron chi connectivity index (χ0n) is 11.0. The Balaban J connectivity index is 2.39. The molecule has 1 heterocycles. The van der Waals surface area contributed by atoms with E-state index in [1.54, 1.807) is 0 Å². The minimum absolute atomic E-state index is 0.0193. The van der Waals surface area contributed by atoms with E-state index in [2.05, 4.69) is 32.9 Å². The molecule has 0 amide bonds. The number of benzene rings is 1. The van der Waals surface area contributed by atoms with E-state index in [0.29, 0.717) is 13.2 Å². The molecule has 0 aromatic heterocycles. The topological polar surface area (TPSA) is 44.5 Å². The Morgan fingerprint density at radius 2 is 1.59 bits per heavy atom. The van der Waals surface area contributed by atoms with Crippen LogP contribution in [0.25, 0.3) is 0 Å². The van der Waals surface area contributed by atoms with Crippen LogP contribution < -0.4 is 5.73 Å². The Morgan fingerprint density at radius 1 is 1.12 bits per heavy atom. The smallest absolute Gasteiger partial charge is 0.192 e. The zero-order chi connectivity index (χ0) is 12.6. The lowest BCUT2D eigenvalue weighted by Gasteiger charge is -2.38. The summed E-state index contributed by atoms with van der Waals surface area (Å²) in [7, 11) is 0. The van der Waals surface area contributed by atoms with Gasteiger partial charge in [0.05, 0.1) is 19.3 Å². The number of aryl methyl sites for hydroxylation is 3. The van der Waals surface area contributed by atoms with Crippen LogP contribution in [-0.4, -0.2) is 19.3 Å². The van der Waals surface area contributed by atoms with Crippen LogP contribution in [0.4, 0.5) is 0 Å². The molecule has 94 valence electrons. The van der Waals surface area contributed by atoms with Crippen molar-refractivity contribution in [1.29, 1.82) is 0 Å². The molecule has 1 aliphatic heterocycles. The maximum Gasteiger partial charge on any atom is 0.192 e. The average Bonchev–Trinajstić information content (AvgIpc) is 2.21. The van der Waals surface area contributed by atoms with Crippen LogP contribution in [0, 0.1) is 20.8 Å². The molecule has 1 saturated heterocycles. The normalized spacial score (nSPS) is 29.4. The predicted molar refractivity (Wildman–Crippen MR) is 67.9 cm³/mol. The fourth-order valence-electron chi connectivity index (χ4n) is 2.66. The molecule has 0 spiro atoms. The lowest BCUT2D eigenvalue weighted by Crippen LogP contribution is -2.46. The molecule has 0 unspecified atom stereocenters. The van der Waals surface area contributed by atoms with Gasteiger partial charge in [0.15, 0.2) is 5.79 Å². The standard InChI is InChI=1S/C14H21NO2/c1-9-5-10(2)13(11(3)6-9)14(4)16-7-12(15)8-17-14/h5-6,12H,7-8,15H2,1-4H3. The Morgan fingerprint density at radius 3 is 2.06 bits per heavy atom. The molecule has 0 atom stereocenters.